The number of halogens is 1. The van der Waals surface area contributed by atoms with Gasteiger partial charge >= 0.3 is 0 Å². The summed E-state index contributed by atoms with van der Waals surface area (Å²) >= 11 is 3.83. The van der Waals surface area contributed by atoms with Gasteiger partial charge in [0.15, 0.2) is 0 Å². The summed E-state index contributed by atoms with van der Waals surface area (Å²) < 4.78 is 1.09. The molecule has 27 heavy (non-hydrogen) atoms. The van der Waals surface area contributed by atoms with Gasteiger partial charge in [-0.2, -0.15) is 0 Å². The number of hydrogen-bond acceptors (Lipinski definition) is 2. The molecule has 3 heteroatoms. The van der Waals surface area contributed by atoms with E-state index in [9.17, 15) is 0 Å². The Balaban J connectivity index is 1.74. The van der Waals surface area contributed by atoms with Crippen molar-refractivity contribution in [3.05, 3.63) is 113 Å². The predicted molar refractivity (Wildman–Crippen MR) is 116 cm³/mol. The van der Waals surface area contributed by atoms with Crippen LogP contribution in [0.15, 0.2) is 107 Å². The second-order valence-electron chi connectivity index (χ2n) is 6.84. The summed E-state index contributed by atoms with van der Waals surface area (Å²) in [4.78, 5) is 4.69. The summed E-state index contributed by atoms with van der Waals surface area (Å²) in [7, 11) is 0. The molecular weight excluding hydrogens is 396 g/mol. The van der Waals surface area contributed by atoms with Gasteiger partial charge in [0.05, 0.1) is 16.0 Å². The molecule has 0 aromatic heterocycles. The monoisotopic (exact) mass is 414 g/mol. The van der Waals surface area contributed by atoms with E-state index < -0.39 is 0 Å². The smallest absolute Gasteiger partial charge is 0.0864 e. The van der Waals surface area contributed by atoms with Crippen LogP contribution in [-0.2, 0) is 0 Å². The zero-order valence-corrected chi connectivity index (χ0v) is 16.6. The van der Waals surface area contributed by atoms with Crippen molar-refractivity contribution in [3.8, 4) is 0 Å². The van der Waals surface area contributed by atoms with Crippen LogP contribution < -0.4 is 9.80 Å². The number of allylic oxidation sites excluding steroid dienone is 2. The second kappa shape index (κ2) is 6.43. The molecule has 2 aliphatic rings. The van der Waals surface area contributed by atoms with Crippen molar-refractivity contribution in [1.29, 1.82) is 0 Å². The highest BCUT2D eigenvalue weighted by Gasteiger charge is 2.39. The number of rotatable bonds is 2. The SMILES string of the molecule is CC1=C2C(C=C(Br)N1c1ccccc1)c1ccccc1N2c1ccccc1. The van der Waals surface area contributed by atoms with Crippen molar-refractivity contribution in [2.24, 2.45) is 0 Å². The number of hydrogen-bond donors (Lipinski definition) is 0. The normalized spacial score (nSPS) is 18.3. The van der Waals surface area contributed by atoms with Crippen molar-refractivity contribution >= 4 is 33.0 Å². The van der Waals surface area contributed by atoms with Crippen LogP contribution in [0.25, 0.3) is 0 Å². The van der Waals surface area contributed by atoms with E-state index in [0.29, 0.717) is 0 Å². The van der Waals surface area contributed by atoms with Gasteiger partial charge in [-0.05, 0) is 64.8 Å². The predicted octanol–water partition coefficient (Wildman–Crippen LogP) is 6.91. The van der Waals surface area contributed by atoms with Crippen molar-refractivity contribution < 1.29 is 0 Å². The fourth-order valence-electron chi connectivity index (χ4n) is 4.16. The van der Waals surface area contributed by atoms with Gasteiger partial charge < -0.3 is 9.80 Å². The minimum absolute atomic E-state index is 0.246. The number of anilines is 3. The van der Waals surface area contributed by atoms with Crippen LogP contribution in [-0.4, -0.2) is 0 Å². The largest absolute Gasteiger partial charge is 0.311 e. The molecule has 0 N–H and O–H groups in total. The van der Waals surface area contributed by atoms with Gasteiger partial charge in [-0.25, -0.2) is 0 Å². The average Bonchev–Trinajstić information content (AvgIpc) is 3.04. The average molecular weight is 415 g/mol. The van der Waals surface area contributed by atoms with Crippen molar-refractivity contribution in [2.75, 3.05) is 9.80 Å². The molecule has 0 bridgehead atoms. The third kappa shape index (κ3) is 2.54. The van der Waals surface area contributed by atoms with Crippen LogP contribution >= 0.6 is 15.9 Å². The van der Waals surface area contributed by atoms with E-state index in [0.717, 1.165) is 10.3 Å². The van der Waals surface area contributed by atoms with E-state index in [1.54, 1.807) is 0 Å². The van der Waals surface area contributed by atoms with E-state index in [-0.39, 0.29) is 5.92 Å². The number of fused-ring (bicyclic) bond motifs is 3. The molecule has 0 amide bonds. The first-order chi connectivity index (χ1) is 13.3. The Labute approximate surface area is 168 Å². The van der Waals surface area contributed by atoms with E-state index >= 15 is 0 Å². The Morgan fingerprint density at radius 2 is 1.26 bits per heavy atom. The molecule has 5 rings (SSSR count). The van der Waals surface area contributed by atoms with Crippen LogP contribution in [0.5, 0.6) is 0 Å². The highest BCUT2D eigenvalue weighted by atomic mass is 79.9. The molecule has 0 saturated heterocycles. The molecule has 0 saturated carbocycles. The molecule has 2 aliphatic heterocycles. The zero-order chi connectivity index (χ0) is 18.4. The van der Waals surface area contributed by atoms with Gasteiger partial charge in [-0.1, -0.05) is 54.6 Å². The van der Waals surface area contributed by atoms with Crippen LogP contribution in [0.2, 0.25) is 0 Å². The van der Waals surface area contributed by atoms with E-state index in [2.05, 4.69) is 124 Å². The molecule has 1 atom stereocenters. The van der Waals surface area contributed by atoms with Crippen molar-refractivity contribution in [3.63, 3.8) is 0 Å². The lowest BCUT2D eigenvalue weighted by Crippen LogP contribution is -2.28. The summed E-state index contributed by atoms with van der Waals surface area (Å²) in [5.41, 5.74) is 7.51. The third-order valence-electron chi connectivity index (χ3n) is 5.30. The molecule has 0 fully saturated rings. The van der Waals surface area contributed by atoms with Crippen LogP contribution in [0.1, 0.15) is 18.4 Å². The summed E-state index contributed by atoms with van der Waals surface area (Å²) in [5, 5.41) is 0. The van der Waals surface area contributed by atoms with E-state index in [1.165, 1.54) is 28.3 Å². The van der Waals surface area contributed by atoms with E-state index in [4.69, 9.17) is 0 Å². The summed E-state index contributed by atoms with van der Waals surface area (Å²) in [6.07, 6.45) is 2.32. The van der Waals surface area contributed by atoms with Crippen LogP contribution in [0.3, 0.4) is 0 Å². The van der Waals surface area contributed by atoms with Gasteiger partial charge in [-0.15, -0.1) is 0 Å². The number of para-hydroxylation sites is 3. The fourth-order valence-corrected chi connectivity index (χ4v) is 4.90. The molecule has 2 nitrogen and oxygen atoms in total. The number of nitrogens with zero attached hydrogens (tertiary/aromatic N) is 2. The molecule has 132 valence electrons. The maximum atomic E-state index is 3.83. The minimum atomic E-state index is 0.246. The Morgan fingerprint density at radius 3 is 1.93 bits per heavy atom. The van der Waals surface area contributed by atoms with Gasteiger partial charge in [0, 0.05) is 23.0 Å². The first-order valence-corrected chi connectivity index (χ1v) is 9.92. The van der Waals surface area contributed by atoms with Gasteiger partial charge in [0.2, 0.25) is 0 Å². The zero-order valence-electron chi connectivity index (χ0n) is 15.0. The van der Waals surface area contributed by atoms with Crippen molar-refractivity contribution in [1.82, 2.24) is 0 Å². The lowest BCUT2D eigenvalue weighted by molar-refractivity contribution is 0.910. The topological polar surface area (TPSA) is 6.48 Å². The van der Waals surface area contributed by atoms with Crippen LogP contribution in [0.4, 0.5) is 17.1 Å². The minimum Gasteiger partial charge on any atom is -0.311 e. The molecule has 0 spiro atoms. The van der Waals surface area contributed by atoms with Gasteiger partial charge in [0.25, 0.3) is 0 Å². The summed E-state index contributed by atoms with van der Waals surface area (Å²) in [5.74, 6) is 0.246. The lowest BCUT2D eigenvalue weighted by Gasteiger charge is -2.35. The Hall–Kier alpha value is -2.78. The quantitative estimate of drug-likeness (QED) is 0.420. The fraction of sp³-hybridized carbons (Fsp3) is 0.0833. The van der Waals surface area contributed by atoms with Crippen LogP contribution in [0, 0.1) is 0 Å². The summed E-state index contributed by atoms with van der Waals surface area (Å²) in [6, 6.07) is 29.9. The third-order valence-corrected chi connectivity index (χ3v) is 5.92. The molecule has 3 aromatic carbocycles. The first-order valence-electron chi connectivity index (χ1n) is 9.13. The molecule has 1 unspecified atom stereocenters. The molecule has 0 aliphatic carbocycles. The highest BCUT2D eigenvalue weighted by Crippen LogP contribution is 2.53. The second-order valence-corrected chi connectivity index (χ2v) is 7.65. The number of benzene rings is 3. The Bertz CT molecular complexity index is 1050. The first kappa shape index (κ1) is 16.4. The highest BCUT2D eigenvalue weighted by molar-refractivity contribution is 9.11. The van der Waals surface area contributed by atoms with Gasteiger partial charge in [0.1, 0.15) is 0 Å². The van der Waals surface area contributed by atoms with Crippen molar-refractivity contribution in [2.45, 2.75) is 12.8 Å². The standard InChI is InChI=1S/C24H19BrN2/c1-17-24-21(16-23(25)26(17)18-10-4-2-5-11-18)20-14-8-9-15-22(20)27(24)19-12-6-3-7-13-19/h2-16,21H,1H3. The Morgan fingerprint density at radius 1 is 0.704 bits per heavy atom. The van der Waals surface area contributed by atoms with Gasteiger partial charge in [-0.3, -0.25) is 0 Å². The molecule has 3 aromatic rings. The lowest BCUT2D eigenvalue weighted by atomic mass is 9.95. The molecular formula is C24H19BrN2. The maximum Gasteiger partial charge on any atom is 0.0864 e. The maximum absolute atomic E-state index is 3.83. The molecule has 2 heterocycles. The molecule has 0 radical (unpaired) electrons. The Kier molecular flexibility index (Phi) is 3.91. The van der Waals surface area contributed by atoms with E-state index in [1.807, 2.05) is 0 Å². The summed E-state index contributed by atoms with van der Waals surface area (Å²) in [6.45, 7) is 2.21.